The lowest BCUT2D eigenvalue weighted by Crippen LogP contribution is -2.01. The number of hydrogen-bond acceptors (Lipinski definition) is 4. The summed E-state index contributed by atoms with van der Waals surface area (Å²) >= 11 is 0. The van der Waals surface area contributed by atoms with Gasteiger partial charge in [0.25, 0.3) is 0 Å². The molecular formula is C8H17NO4. The number of carboxylic acid groups (broad SMARTS) is 1. The quantitative estimate of drug-likeness (QED) is 0.372. The van der Waals surface area contributed by atoms with Crippen molar-refractivity contribution in [3.05, 3.63) is 11.8 Å². The van der Waals surface area contributed by atoms with Crippen molar-refractivity contribution in [2.45, 2.75) is 33.0 Å². The van der Waals surface area contributed by atoms with Gasteiger partial charge in [-0.15, -0.1) is 0 Å². The van der Waals surface area contributed by atoms with Gasteiger partial charge < -0.3 is 21.1 Å². The van der Waals surface area contributed by atoms with Gasteiger partial charge in [0.2, 0.25) is 0 Å². The number of allylic oxidation sites excluding steroid dienone is 1. The lowest BCUT2D eigenvalue weighted by molar-refractivity contribution is -0.131. The van der Waals surface area contributed by atoms with Crippen molar-refractivity contribution >= 4 is 5.97 Å². The van der Waals surface area contributed by atoms with Gasteiger partial charge in [-0.05, 0) is 13.3 Å². The van der Waals surface area contributed by atoms with Crippen LogP contribution in [0.2, 0.25) is 0 Å². The summed E-state index contributed by atoms with van der Waals surface area (Å²) in [6, 6.07) is 0. The van der Waals surface area contributed by atoms with Gasteiger partial charge in [-0.3, -0.25) is 0 Å². The van der Waals surface area contributed by atoms with Crippen LogP contribution < -0.4 is 5.73 Å². The first-order valence-electron chi connectivity index (χ1n) is 3.93. The van der Waals surface area contributed by atoms with E-state index in [1.807, 2.05) is 6.92 Å². The number of aliphatic hydroxyl groups excluding tert-OH is 1. The molecule has 78 valence electrons. The Morgan fingerprint density at radius 3 is 2.00 bits per heavy atom. The summed E-state index contributed by atoms with van der Waals surface area (Å²) in [6.45, 7) is 3.42. The van der Waals surface area contributed by atoms with Gasteiger partial charge >= 0.3 is 5.97 Å². The fourth-order valence-electron chi connectivity index (χ4n) is 0.453. The Hall–Kier alpha value is -1.07. The molecule has 0 bridgehead atoms. The summed E-state index contributed by atoms with van der Waals surface area (Å²) in [5.41, 5.74) is 5.29. The van der Waals surface area contributed by atoms with Crippen LogP contribution in [0.4, 0.5) is 0 Å². The van der Waals surface area contributed by atoms with Gasteiger partial charge in [-0.2, -0.15) is 0 Å². The maximum Gasteiger partial charge on any atom is 0.330 e. The van der Waals surface area contributed by atoms with Crippen LogP contribution in [0.3, 0.4) is 0 Å². The van der Waals surface area contributed by atoms with Crippen LogP contribution >= 0.6 is 0 Å². The minimum absolute atomic E-state index is 0.313. The predicted octanol–water partition coefficient (Wildman–Crippen LogP) is 0.0307. The molecule has 0 aliphatic heterocycles. The summed E-state index contributed by atoms with van der Waals surface area (Å²) in [7, 11) is 0. The van der Waals surface area contributed by atoms with Crippen molar-refractivity contribution in [2.75, 3.05) is 0 Å². The highest BCUT2D eigenvalue weighted by Crippen LogP contribution is 1.88. The smallest absolute Gasteiger partial charge is 0.330 e. The molecule has 0 amide bonds. The molecule has 0 atom stereocenters. The Bertz CT molecular complexity index is 162. The maximum atomic E-state index is 9.65. The van der Waals surface area contributed by atoms with Crippen LogP contribution in [-0.4, -0.2) is 27.6 Å². The van der Waals surface area contributed by atoms with Crippen molar-refractivity contribution in [3.8, 4) is 0 Å². The lowest BCUT2D eigenvalue weighted by Gasteiger charge is -1.94. The van der Waals surface area contributed by atoms with Crippen LogP contribution in [0.5, 0.6) is 0 Å². The first kappa shape index (κ1) is 14.5. The van der Waals surface area contributed by atoms with E-state index in [4.69, 9.17) is 21.1 Å². The zero-order valence-corrected chi connectivity index (χ0v) is 7.90. The highest BCUT2D eigenvalue weighted by molar-refractivity contribution is 5.80. The normalized spacial score (nSPS) is 10.7. The van der Waals surface area contributed by atoms with Gasteiger partial charge in [0, 0.05) is 11.8 Å². The number of aliphatic carboxylic acids is 1. The first-order valence-corrected chi connectivity index (χ1v) is 3.93. The van der Waals surface area contributed by atoms with Crippen LogP contribution in [-0.2, 0) is 4.79 Å². The predicted molar refractivity (Wildman–Crippen MR) is 48.7 cm³/mol. The molecule has 5 heteroatoms. The molecule has 0 aromatic carbocycles. The van der Waals surface area contributed by atoms with Crippen LogP contribution in [0.1, 0.15) is 26.7 Å². The zero-order chi connectivity index (χ0) is 10.9. The minimum Gasteiger partial charge on any atom is -0.478 e. The minimum atomic E-state index is -1.10. The van der Waals surface area contributed by atoms with Crippen molar-refractivity contribution in [3.63, 3.8) is 0 Å². The number of carbonyl (C=O) groups is 1. The highest BCUT2D eigenvalue weighted by Gasteiger charge is 1.89. The monoisotopic (exact) mass is 191 g/mol. The van der Waals surface area contributed by atoms with Crippen LogP contribution in [0.25, 0.3) is 0 Å². The topological polar surface area (TPSA) is 104 Å². The maximum absolute atomic E-state index is 9.65. The van der Waals surface area contributed by atoms with E-state index >= 15 is 0 Å². The Morgan fingerprint density at radius 1 is 1.54 bits per heavy atom. The molecule has 0 saturated carbocycles. The van der Waals surface area contributed by atoms with Gasteiger partial charge in [-0.1, -0.05) is 13.3 Å². The van der Waals surface area contributed by atoms with E-state index in [1.54, 1.807) is 0 Å². The average Bonchev–Trinajstić information content (AvgIpc) is 1.83. The van der Waals surface area contributed by atoms with E-state index in [2.05, 4.69) is 0 Å². The second-order valence-electron chi connectivity index (χ2n) is 2.50. The second-order valence-corrected chi connectivity index (χ2v) is 2.50. The third-order valence-electron chi connectivity index (χ3n) is 0.898. The molecule has 5 N–H and O–H groups in total. The molecule has 13 heavy (non-hydrogen) atoms. The Morgan fingerprint density at radius 2 is 2.00 bits per heavy atom. The van der Waals surface area contributed by atoms with Gasteiger partial charge in [0.1, 0.15) is 0 Å². The molecule has 0 unspecified atom stereocenters. The third-order valence-corrected chi connectivity index (χ3v) is 0.898. The lowest BCUT2D eigenvalue weighted by atomic mass is 10.3. The number of carboxylic acids is 1. The molecule has 0 radical (unpaired) electrons. The summed E-state index contributed by atoms with van der Waals surface area (Å²) < 4.78 is 0. The van der Waals surface area contributed by atoms with E-state index < -0.39 is 12.3 Å². The average molecular weight is 191 g/mol. The molecule has 5 nitrogen and oxygen atoms in total. The Labute approximate surface area is 77.5 Å². The molecule has 0 aliphatic rings. The van der Waals surface area contributed by atoms with Crippen molar-refractivity contribution in [1.29, 1.82) is 0 Å². The number of rotatable bonds is 3. The number of aliphatic hydroxyl groups is 2. The fourth-order valence-corrected chi connectivity index (χ4v) is 0.453. The third kappa shape index (κ3) is 24.8. The molecule has 0 fully saturated rings. The van der Waals surface area contributed by atoms with Gasteiger partial charge in [0.05, 0.1) is 0 Å². The molecule has 0 aromatic heterocycles. The molecule has 0 rings (SSSR count). The largest absolute Gasteiger partial charge is 0.478 e. The molecular weight excluding hydrogens is 174 g/mol. The Balaban J connectivity index is 0. The standard InChI is InChI=1S/C4H7NO2.C4H10O2/c1-3(5)2-4(6)7;1-2-3-4(5)6/h2H,5H2,1H3,(H,6,7);4-6H,2-3H2,1H3/b3-2-;. The molecule has 0 saturated heterocycles. The molecule has 0 spiro atoms. The second kappa shape index (κ2) is 9.02. The summed E-state index contributed by atoms with van der Waals surface area (Å²) in [5, 5.41) is 24.1. The van der Waals surface area contributed by atoms with Gasteiger partial charge in [-0.25, -0.2) is 4.79 Å². The number of hydrogen-bond donors (Lipinski definition) is 4. The highest BCUT2D eigenvalue weighted by atomic mass is 16.5. The van der Waals surface area contributed by atoms with Crippen LogP contribution in [0.15, 0.2) is 11.8 Å². The first-order chi connectivity index (χ1) is 5.90. The van der Waals surface area contributed by atoms with E-state index in [1.165, 1.54) is 6.92 Å². The summed E-state index contributed by atoms with van der Waals surface area (Å²) in [5.74, 6) is -1.000. The number of nitrogens with two attached hydrogens (primary N) is 1. The zero-order valence-electron chi connectivity index (χ0n) is 7.90. The molecule has 0 aliphatic carbocycles. The molecule has 0 heterocycles. The van der Waals surface area contributed by atoms with E-state index in [9.17, 15) is 4.79 Å². The Kier molecular flexibility index (Phi) is 10.0. The van der Waals surface area contributed by atoms with E-state index in [0.717, 1.165) is 12.5 Å². The summed E-state index contributed by atoms with van der Waals surface area (Å²) in [6.07, 6.45) is 1.16. The fraction of sp³-hybridized carbons (Fsp3) is 0.625. The van der Waals surface area contributed by atoms with Crippen molar-refractivity contribution in [2.24, 2.45) is 5.73 Å². The van der Waals surface area contributed by atoms with Crippen molar-refractivity contribution in [1.82, 2.24) is 0 Å². The van der Waals surface area contributed by atoms with Crippen molar-refractivity contribution < 1.29 is 20.1 Å². The summed E-state index contributed by atoms with van der Waals surface area (Å²) in [4.78, 5) is 9.65. The van der Waals surface area contributed by atoms with Gasteiger partial charge in [0.15, 0.2) is 6.29 Å². The van der Waals surface area contributed by atoms with E-state index in [0.29, 0.717) is 12.1 Å². The SMILES string of the molecule is C/C(N)=C/C(=O)O.CCCC(O)O. The van der Waals surface area contributed by atoms with E-state index in [-0.39, 0.29) is 0 Å². The molecule has 0 aromatic rings. The van der Waals surface area contributed by atoms with Crippen LogP contribution in [0, 0.1) is 0 Å².